The molecule has 0 spiro atoms. The van der Waals surface area contributed by atoms with Crippen molar-refractivity contribution < 1.29 is 9.90 Å². The highest BCUT2D eigenvalue weighted by Gasteiger charge is 2.22. The third kappa shape index (κ3) is 3.83. The molecule has 0 fully saturated rings. The van der Waals surface area contributed by atoms with E-state index in [1.54, 1.807) is 11.3 Å². The first kappa shape index (κ1) is 15.5. The molecule has 2 unspecified atom stereocenters. The van der Waals surface area contributed by atoms with E-state index < -0.39 is 0 Å². The maximum absolute atomic E-state index is 12.2. The molecular formula is C16H25NO2S. The van der Waals surface area contributed by atoms with Gasteiger partial charge in [-0.15, -0.1) is 11.3 Å². The Kier molecular flexibility index (Phi) is 5.61. The van der Waals surface area contributed by atoms with E-state index in [0.29, 0.717) is 12.5 Å². The van der Waals surface area contributed by atoms with Crippen molar-refractivity contribution in [3.8, 4) is 0 Å². The Bertz CT molecular complexity index is 455. The molecule has 1 aromatic rings. The van der Waals surface area contributed by atoms with E-state index in [4.69, 9.17) is 5.11 Å². The number of carbonyl (C=O) groups excluding carboxylic acids is 1. The lowest BCUT2D eigenvalue weighted by atomic mass is 9.88. The Morgan fingerprint density at radius 2 is 2.40 bits per heavy atom. The van der Waals surface area contributed by atoms with Gasteiger partial charge in [-0.05, 0) is 49.5 Å². The molecule has 0 saturated heterocycles. The third-order valence-electron chi connectivity index (χ3n) is 4.12. The van der Waals surface area contributed by atoms with Crippen LogP contribution >= 0.6 is 11.3 Å². The molecular weight excluding hydrogens is 270 g/mol. The van der Waals surface area contributed by atoms with Gasteiger partial charge < -0.3 is 10.4 Å². The SMILES string of the molecule is CC(CO)CCCNC(=O)c1csc2c1CCC(C)C2. The van der Waals surface area contributed by atoms with Crippen LogP contribution in [0, 0.1) is 11.8 Å². The summed E-state index contributed by atoms with van der Waals surface area (Å²) in [5.41, 5.74) is 2.18. The van der Waals surface area contributed by atoms with E-state index in [2.05, 4.69) is 12.2 Å². The number of nitrogens with one attached hydrogen (secondary N) is 1. The lowest BCUT2D eigenvalue weighted by Gasteiger charge is -2.18. The molecule has 0 radical (unpaired) electrons. The second-order valence-electron chi connectivity index (χ2n) is 6.08. The second-order valence-corrected chi connectivity index (χ2v) is 7.05. The topological polar surface area (TPSA) is 49.3 Å². The molecule has 3 nitrogen and oxygen atoms in total. The summed E-state index contributed by atoms with van der Waals surface area (Å²) in [5, 5.41) is 14.0. The zero-order valence-corrected chi connectivity index (χ0v) is 13.3. The fourth-order valence-electron chi connectivity index (χ4n) is 2.71. The summed E-state index contributed by atoms with van der Waals surface area (Å²) >= 11 is 1.74. The summed E-state index contributed by atoms with van der Waals surface area (Å²) in [4.78, 5) is 13.6. The summed E-state index contributed by atoms with van der Waals surface area (Å²) in [5.74, 6) is 1.15. The number of fused-ring (bicyclic) bond motifs is 1. The van der Waals surface area contributed by atoms with Gasteiger partial charge in [-0.2, -0.15) is 0 Å². The van der Waals surface area contributed by atoms with Gasteiger partial charge in [0.2, 0.25) is 0 Å². The maximum atomic E-state index is 12.2. The standard InChI is InChI=1S/C16H25NO2S/c1-11-5-6-13-14(10-20-15(13)8-11)16(19)17-7-3-4-12(2)9-18/h10-12,18H,3-9H2,1-2H3,(H,17,19). The smallest absolute Gasteiger partial charge is 0.252 e. The van der Waals surface area contributed by atoms with Crippen LogP contribution in [0.15, 0.2) is 5.38 Å². The second kappa shape index (κ2) is 7.23. The number of thiophene rings is 1. The van der Waals surface area contributed by atoms with E-state index in [-0.39, 0.29) is 12.5 Å². The van der Waals surface area contributed by atoms with Crippen molar-refractivity contribution in [2.75, 3.05) is 13.2 Å². The van der Waals surface area contributed by atoms with E-state index in [9.17, 15) is 4.79 Å². The lowest BCUT2D eigenvalue weighted by molar-refractivity contribution is 0.0951. The Hall–Kier alpha value is -0.870. The number of aliphatic hydroxyl groups excluding tert-OH is 1. The van der Waals surface area contributed by atoms with Gasteiger partial charge >= 0.3 is 0 Å². The van der Waals surface area contributed by atoms with Crippen LogP contribution < -0.4 is 5.32 Å². The van der Waals surface area contributed by atoms with Gasteiger partial charge in [-0.3, -0.25) is 4.79 Å². The summed E-state index contributed by atoms with van der Waals surface area (Å²) in [6, 6.07) is 0. The van der Waals surface area contributed by atoms with Gasteiger partial charge in [-0.1, -0.05) is 13.8 Å². The van der Waals surface area contributed by atoms with Gasteiger partial charge in [0.05, 0.1) is 5.56 Å². The summed E-state index contributed by atoms with van der Waals surface area (Å²) in [6.07, 6.45) is 5.25. The molecule has 0 saturated carbocycles. The normalized spacial score (nSPS) is 19.4. The van der Waals surface area contributed by atoms with Crippen LogP contribution in [0.1, 0.15) is 53.9 Å². The predicted octanol–water partition coefficient (Wildman–Crippen LogP) is 3.01. The highest BCUT2D eigenvalue weighted by Crippen LogP contribution is 2.32. The number of hydrogen-bond donors (Lipinski definition) is 2. The molecule has 1 aromatic heterocycles. The Balaban J connectivity index is 1.84. The van der Waals surface area contributed by atoms with Gasteiger partial charge in [0, 0.05) is 23.4 Å². The van der Waals surface area contributed by atoms with Crippen molar-refractivity contribution in [1.82, 2.24) is 5.32 Å². The van der Waals surface area contributed by atoms with Crippen LogP contribution in [0.25, 0.3) is 0 Å². The van der Waals surface area contributed by atoms with Crippen molar-refractivity contribution in [2.45, 2.75) is 46.0 Å². The lowest BCUT2D eigenvalue weighted by Crippen LogP contribution is -2.26. The molecule has 20 heavy (non-hydrogen) atoms. The number of carbonyl (C=O) groups is 1. The first-order valence-electron chi connectivity index (χ1n) is 7.60. The van der Waals surface area contributed by atoms with Crippen LogP contribution in [0.3, 0.4) is 0 Å². The minimum Gasteiger partial charge on any atom is -0.396 e. The van der Waals surface area contributed by atoms with Crippen molar-refractivity contribution in [2.24, 2.45) is 11.8 Å². The summed E-state index contributed by atoms with van der Waals surface area (Å²) < 4.78 is 0. The van der Waals surface area contributed by atoms with Crippen LogP contribution in [0.5, 0.6) is 0 Å². The molecule has 1 heterocycles. The largest absolute Gasteiger partial charge is 0.396 e. The average Bonchev–Trinajstić information content (AvgIpc) is 2.85. The van der Waals surface area contributed by atoms with Crippen LogP contribution in [0.2, 0.25) is 0 Å². The van der Waals surface area contributed by atoms with Crippen molar-refractivity contribution in [3.63, 3.8) is 0 Å². The van der Waals surface area contributed by atoms with Gasteiger partial charge in [0.15, 0.2) is 0 Å². The first-order valence-corrected chi connectivity index (χ1v) is 8.48. The minimum atomic E-state index is 0.0775. The van der Waals surface area contributed by atoms with E-state index in [0.717, 1.165) is 37.2 Å². The van der Waals surface area contributed by atoms with Gasteiger partial charge in [0.1, 0.15) is 0 Å². The van der Waals surface area contributed by atoms with Crippen molar-refractivity contribution in [3.05, 3.63) is 21.4 Å². The molecule has 1 amide bonds. The maximum Gasteiger partial charge on any atom is 0.252 e. The molecule has 0 aliphatic heterocycles. The predicted molar refractivity (Wildman–Crippen MR) is 83.3 cm³/mol. The highest BCUT2D eigenvalue weighted by molar-refractivity contribution is 7.10. The van der Waals surface area contributed by atoms with Crippen molar-refractivity contribution in [1.29, 1.82) is 0 Å². The molecule has 4 heteroatoms. The van der Waals surface area contributed by atoms with E-state index in [1.807, 2.05) is 12.3 Å². The molecule has 1 aliphatic rings. The molecule has 2 N–H and O–H groups in total. The molecule has 0 bridgehead atoms. The Morgan fingerprint density at radius 1 is 1.60 bits per heavy atom. The van der Waals surface area contributed by atoms with Crippen LogP contribution in [-0.4, -0.2) is 24.2 Å². The molecule has 1 aliphatic carbocycles. The van der Waals surface area contributed by atoms with Crippen LogP contribution in [0.4, 0.5) is 0 Å². The molecule has 0 aromatic carbocycles. The van der Waals surface area contributed by atoms with Crippen molar-refractivity contribution >= 4 is 17.2 Å². The Morgan fingerprint density at radius 3 is 3.15 bits per heavy atom. The van der Waals surface area contributed by atoms with E-state index in [1.165, 1.54) is 16.9 Å². The zero-order chi connectivity index (χ0) is 14.5. The third-order valence-corrected chi connectivity index (χ3v) is 5.17. The minimum absolute atomic E-state index is 0.0775. The zero-order valence-electron chi connectivity index (χ0n) is 12.4. The average molecular weight is 295 g/mol. The Labute approximate surface area is 125 Å². The molecule has 2 atom stereocenters. The van der Waals surface area contributed by atoms with Gasteiger partial charge in [0.25, 0.3) is 5.91 Å². The molecule has 112 valence electrons. The fourth-order valence-corrected chi connectivity index (χ4v) is 3.95. The highest BCUT2D eigenvalue weighted by atomic mass is 32.1. The number of hydrogen-bond acceptors (Lipinski definition) is 3. The first-order chi connectivity index (χ1) is 9.61. The summed E-state index contributed by atoms with van der Waals surface area (Å²) in [7, 11) is 0. The van der Waals surface area contributed by atoms with Gasteiger partial charge in [-0.25, -0.2) is 0 Å². The monoisotopic (exact) mass is 295 g/mol. The number of aliphatic hydroxyl groups is 1. The fraction of sp³-hybridized carbons (Fsp3) is 0.688. The van der Waals surface area contributed by atoms with Crippen LogP contribution in [-0.2, 0) is 12.8 Å². The number of rotatable bonds is 6. The quantitative estimate of drug-likeness (QED) is 0.793. The molecule has 2 rings (SSSR count). The number of amides is 1. The summed E-state index contributed by atoms with van der Waals surface area (Å²) in [6.45, 7) is 5.23. The van der Waals surface area contributed by atoms with E-state index >= 15 is 0 Å².